The Labute approximate surface area is 120 Å². The maximum Gasteiger partial charge on any atom is 0.133 e. The molecule has 1 atom stereocenters. The molecule has 0 spiro atoms. The third-order valence-corrected chi connectivity index (χ3v) is 4.03. The van der Waals surface area contributed by atoms with Gasteiger partial charge >= 0.3 is 0 Å². The second-order valence-corrected chi connectivity index (χ2v) is 5.48. The summed E-state index contributed by atoms with van der Waals surface area (Å²) in [6.07, 6.45) is 7.67. The normalized spacial score (nSPS) is 16.1. The molecule has 3 heteroatoms. The molecule has 104 valence electrons. The first-order valence-corrected chi connectivity index (χ1v) is 7.49. The Morgan fingerprint density at radius 3 is 2.65 bits per heavy atom. The van der Waals surface area contributed by atoms with Crippen molar-refractivity contribution >= 4 is 5.82 Å². The van der Waals surface area contributed by atoms with E-state index in [0.29, 0.717) is 0 Å². The maximum atomic E-state index is 4.48. The lowest BCUT2D eigenvalue weighted by Gasteiger charge is -2.18. The fourth-order valence-corrected chi connectivity index (χ4v) is 2.85. The quantitative estimate of drug-likeness (QED) is 0.857. The number of anilines is 1. The minimum Gasteiger partial charge on any atom is -0.363 e. The summed E-state index contributed by atoms with van der Waals surface area (Å²) in [6, 6.07) is 10.8. The molecule has 1 N–H and O–H groups in total. The van der Waals surface area contributed by atoms with Gasteiger partial charge in [0.25, 0.3) is 0 Å². The van der Waals surface area contributed by atoms with E-state index in [1.54, 1.807) is 6.33 Å². The number of aromatic nitrogens is 2. The molecule has 20 heavy (non-hydrogen) atoms. The molecule has 1 aliphatic carbocycles. The zero-order valence-corrected chi connectivity index (χ0v) is 12.0. The SMILES string of the molecule is CC(Nc1ncnc2c1CCCCC2)c1ccccc1. The van der Waals surface area contributed by atoms with Gasteiger partial charge in [0.05, 0.1) is 0 Å². The number of rotatable bonds is 3. The summed E-state index contributed by atoms with van der Waals surface area (Å²) in [4.78, 5) is 8.95. The van der Waals surface area contributed by atoms with Crippen molar-refractivity contribution in [2.75, 3.05) is 5.32 Å². The summed E-state index contributed by atoms with van der Waals surface area (Å²) in [6.45, 7) is 2.18. The van der Waals surface area contributed by atoms with Gasteiger partial charge in [-0.2, -0.15) is 0 Å². The summed E-state index contributed by atoms with van der Waals surface area (Å²) in [7, 11) is 0. The summed E-state index contributed by atoms with van der Waals surface area (Å²) in [5.41, 5.74) is 3.85. The van der Waals surface area contributed by atoms with E-state index in [-0.39, 0.29) is 6.04 Å². The van der Waals surface area contributed by atoms with Crippen LogP contribution >= 0.6 is 0 Å². The van der Waals surface area contributed by atoms with Gasteiger partial charge in [0, 0.05) is 17.3 Å². The van der Waals surface area contributed by atoms with Crippen LogP contribution in [0.3, 0.4) is 0 Å². The van der Waals surface area contributed by atoms with E-state index >= 15 is 0 Å². The van der Waals surface area contributed by atoms with E-state index < -0.39 is 0 Å². The van der Waals surface area contributed by atoms with E-state index in [9.17, 15) is 0 Å². The van der Waals surface area contributed by atoms with Crippen molar-refractivity contribution in [1.82, 2.24) is 9.97 Å². The first kappa shape index (κ1) is 13.1. The van der Waals surface area contributed by atoms with Gasteiger partial charge in [-0.15, -0.1) is 0 Å². The Morgan fingerprint density at radius 2 is 1.80 bits per heavy atom. The highest BCUT2D eigenvalue weighted by atomic mass is 15.0. The van der Waals surface area contributed by atoms with Crippen molar-refractivity contribution in [3.63, 3.8) is 0 Å². The van der Waals surface area contributed by atoms with Crippen LogP contribution < -0.4 is 5.32 Å². The molecule has 0 aliphatic heterocycles. The lowest BCUT2D eigenvalue weighted by Crippen LogP contribution is -2.11. The Morgan fingerprint density at radius 1 is 1.00 bits per heavy atom. The minimum atomic E-state index is 0.262. The smallest absolute Gasteiger partial charge is 0.133 e. The van der Waals surface area contributed by atoms with Crippen LogP contribution in [-0.4, -0.2) is 9.97 Å². The number of fused-ring (bicyclic) bond motifs is 1. The number of hydrogen-bond donors (Lipinski definition) is 1. The standard InChI is InChI=1S/C17H21N3/c1-13(14-8-4-2-5-9-14)20-17-15-10-6-3-7-11-16(15)18-12-19-17/h2,4-5,8-9,12-13H,3,6-7,10-11H2,1H3,(H,18,19,20). The van der Waals surface area contributed by atoms with Crippen LogP contribution in [0.25, 0.3) is 0 Å². The lowest BCUT2D eigenvalue weighted by molar-refractivity contribution is 0.708. The molecular formula is C17H21N3. The highest BCUT2D eigenvalue weighted by Crippen LogP contribution is 2.26. The molecule has 0 radical (unpaired) electrons. The molecule has 0 saturated heterocycles. The number of nitrogens with zero attached hydrogens (tertiary/aromatic N) is 2. The minimum absolute atomic E-state index is 0.262. The second kappa shape index (κ2) is 6.04. The third kappa shape index (κ3) is 2.82. The average Bonchev–Trinajstić information content (AvgIpc) is 2.74. The van der Waals surface area contributed by atoms with Crippen LogP contribution in [0.15, 0.2) is 36.7 Å². The Kier molecular flexibility index (Phi) is 3.95. The third-order valence-electron chi connectivity index (χ3n) is 4.03. The molecule has 1 unspecified atom stereocenters. The maximum absolute atomic E-state index is 4.48. The zero-order valence-electron chi connectivity index (χ0n) is 12.0. The van der Waals surface area contributed by atoms with Crippen molar-refractivity contribution < 1.29 is 0 Å². The van der Waals surface area contributed by atoms with Gasteiger partial charge < -0.3 is 5.32 Å². The van der Waals surface area contributed by atoms with Gasteiger partial charge in [0.15, 0.2) is 0 Å². The Bertz CT molecular complexity index is 566. The van der Waals surface area contributed by atoms with Gasteiger partial charge in [0.2, 0.25) is 0 Å². The number of benzene rings is 1. The predicted octanol–water partition coefficient (Wildman–Crippen LogP) is 3.92. The van der Waals surface area contributed by atoms with E-state index in [4.69, 9.17) is 0 Å². The topological polar surface area (TPSA) is 37.8 Å². The lowest BCUT2D eigenvalue weighted by atomic mass is 10.1. The van der Waals surface area contributed by atoms with E-state index in [0.717, 1.165) is 18.7 Å². The highest BCUT2D eigenvalue weighted by molar-refractivity contribution is 5.48. The van der Waals surface area contributed by atoms with Crippen LogP contribution in [0, 0.1) is 0 Å². The van der Waals surface area contributed by atoms with Crippen LogP contribution in [0.1, 0.15) is 49.0 Å². The summed E-state index contributed by atoms with van der Waals surface area (Å²) in [5.74, 6) is 1.02. The van der Waals surface area contributed by atoms with Crippen molar-refractivity contribution in [3.05, 3.63) is 53.5 Å². The van der Waals surface area contributed by atoms with E-state index in [1.165, 1.54) is 36.1 Å². The van der Waals surface area contributed by atoms with Crippen LogP contribution in [-0.2, 0) is 12.8 Å². The molecule has 0 amide bonds. The first-order valence-electron chi connectivity index (χ1n) is 7.49. The number of nitrogens with one attached hydrogen (secondary N) is 1. The molecular weight excluding hydrogens is 246 g/mol. The summed E-state index contributed by atoms with van der Waals surface area (Å²) < 4.78 is 0. The molecule has 3 nitrogen and oxygen atoms in total. The van der Waals surface area contributed by atoms with Gasteiger partial charge in [-0.25, -0.2) is 9.97 Å². The predicted molar refractivity (Wildman–Crippen MR) is 81.8 cm³/mol. The van der Waals surface area contributed by atoms with Crippen molar-refractivity contribution in [3.8, 4) is 0 Å². The largest absolute Gasteiger partial charge is 0.363 e. The van der Waals surface area contributed by atoms with Crippen molar-refractivity contribution in [2.45, 2.75) is 45.1 Å². The molecule has 1 aromatic carbocycles. The van der Waals surface area contributed by atoms with Crippen molar-refractivity contribution in [2.24, 2.45) is 0 Å². The Hall–Kier alpha value is -1.90. The van der Waals surface area contributed by atoms with Gasteiger partial charge in [-0.05, 0) is 38.2 Å². The fraction of sp³-hybridized carbons (Fsp3) is 0.412. The molecule has 0 saturated carbocycles. The van der Waals surface area contributed by atoms with Crippen LogP contribution in [0.4, 0.5) is 5.82 Å². The van der Waals surface area contributed by atoms with Crippen LogP contribution in [0.2, 0.25) is 0 Å². The van der Waals surface area contributed by atoms with E-state index in [1.807, 2.05) is 6.07 Å². The first-order chi connectivity index (χ1) is 9.84. The molecule has 1 heterocycles. The Balaban J connectivity index is 1.84. The monoisotopic (exact) mass is 267 g/mol. The molecule has 0 fully saturated rings. The number of aryl methyl sites for hydroxylation is 1. The van der Waals surface area contributed by atoms with Gasteiger partial charge in [-0.3, -0.25) is 0 Å². The van der Waals surface area contributed by atoms with Crippen LogP contribution in [0.5, 0.6) is 0 Å². The second-order valence-electron chi connectivity index (χ2n) is 5.48. The molecule has 1 aliphatic rings. The summed E-state index contributed by atoms with van der Waals surface area (Å²) >= 11 is 0. The van der Waals surface area contributed by atoms with E-state index in [2.05, 4.69) is 46.5 Å². The zero-order chi connectivity index (χ0) is 13.8. The molecule has 2 aromatic rings. The highest BCUT2D eigenvalue weighted by Gasteiger charge is 2.15. The van der Waals surface area contributed by atoms with Gasteiger partial charge in [-0.1, -0.05) is 36.8 Å². The molecule has 0 bridgehead atoms. The fourth-order valence-electron chi connectivity index (χ4n) is 2.85. The average molecular weight is 267 g/mol. The van der Waals surface area contributed by atoms with Crippen molar-refractivity contribution in [1.29, 1.82) is 0 Å². The molecule has 1 aromatic heterocycles. The van der Waals surface area contributed by atoms with Gasteiger partial charge in [0.1, 0.15) is 12.1 Å². The molecule has 3 rings (SSSR count). The summed E-state index contributed by atoms with van der Waals surface area (Å²) in [5, 5.41) is 3.56. The number of hydrogen-bond acceptors (Lipinski definition) is 3.